The summed E-state index contributed by atoms with van der Waals surface area (Å²) < 4.78 is 32.4. The highest BCUT2D eigenvalue weighted by molar-refractivity contribution is 7.89. The highest BCUT2D eigenvalue weighted by atomic mass is 32.2. The van der Waals surface area contributed by atoms with Gasteiger partial charge in [0.2, 0.25) is 10.0 Å². The average molecular weight is 404 g/mol. The minimum absolute atomic E-state index is 0.00730. The van der Waals surface area contributed by atoms with E-state index in [2.05, 4.69) is 25.3 Å². The lowest BCUT2D eigenvalue weighted by molar-refractivity contribution is 0.0200. The lowest BCUT2D eigenvalue weighted by Crippen LogP contribution is -2.42. The zero-order valence-electron chi connectivity index (χ0n) is 15.5. The number of nitrogens with one attached hydrogen (secondary N) is 3. The number of rotatable bonds is 9. The summed E-state index contributed by atoms with van der Waals surface area (Å²) in [6.45, 7) is 6.49. The molecule has 0 aliphatic carbocycles. The number of aliphatic imine (C=N–C) groups is 1. The topological polar surface area (TPSA) is 105 Å². The van der Waals surface area contributed by atoms with E-state index in [-0.39, 0.29) is 18.4 Å². The van der Waals surface area contributed by atoms with Crippen molar-refractivity contribution in [2.24, 2.45) is 4.99 Å². The third kappa shape index (κ3) is 7.98. The van der Waals surface area contributed by atoms with Crippen LogP contribution >= 0.6 is 11.3 Å². The number of hydrogen-bond acceptors (Lipinski definition) is 6. The van der Waals surface area contributed by atoms with Crippen molar-refractivity contribution >= 4 is 27.3 Å². The summed E-state index contributed by atoms with van der Waals surface area (Å²) in [6.07, 6.45) is 4.88. The Hall–Kier alpha value is -1.23. The molecule has 8 nitrogen and oxygen atoms in total. The largest absolute Gasteiger partial charge is 0.377 e. The molecule has 0 amide bonds. The summed E-state index contributed by atoms with van der Waals surface area (Å²) in [6, 6.07) is 0. The normalized spacial score (nSPS) is 18.7. The second-order valence-corrected chi connectivity index (χ2v) is 9.39. The molecule has 1 saturated heterocycles. The van der Waals surface area contributed by atoms with Crippen molar-refractivity contribution in [3.05, 3.63) is 16.1 Å². The molecule has 1 aromatic rings. The van der Waals surface area contributed by atoms with E-state index in [1.165, 1.54) is 0 Å². The van der Waals surface area contributed by atoms with Gasteiger partial charge < -0.3 is 15.4 Å². The van der Waals surface area contributed by atoms with Gasteiger partial charge >= 0.3 is 0 Å². The smallest absolute Gasteiger partial charge is 0.213 e. The van der Waals surface area contributed by atoms with Crippen molar-refractivity contribution < 1.29 is 13.2 Å². The van der Waals surface area contributed by atoms with Gasteiger partial charge in [-0.05, 0) is 33.1 Å². The van der Waals surface area contributed by atoms with Gasteiger partial charge in [-0.15, -0.1) is 11.3 Å². The Balaban J connectivity index is 1.74. The molecule has 0 aromatic carbocycles. The van der Waals surface area contributed by atoms with Crippen LogP contribution in [0.25, 0.3) is 0 Å². The second kappa shape index (κ2) is 10.8. The van der Waals surface area contributed by atoms with Gasteiger partial charge in [-0.1, -0.05) is 0 Å². The summed E-state index contributed by atoms with van der Waals surface area (Å²) in [5.41, 5.74) is 0. The van der Waals surface area contributed by atoms with Gasteiger partial charge in [0.1, 0.15) is 5.01 Å². The van der Waals surface area contributed by atoms with E-state index in [9.17, 15) is 8.42 Å². The van der Waals surface area contributed by atoms with E-state index in [0.29, 0.717) is 25.6 Å². The maximum Gasteiger partial charge on any atom is 0.213 e. The van der Waals surface area contributed by atoms with E-state index in [1.807, 2.05) is 20.0 Å². The Labute approximate surface area is 159 Å². The van der Waals surface area contributed by atoms with Crippen LogP contribution in [-0.2, 0) is 21.3 Å². The summed E-state index contributed by atoms with van der Waals surface area (Å²) in [5, 5.41) is 7.10. The molecular formula is C16H29N5O3S2. The number of ether oxygens (including phenoxy) is 1. The van der Waals surface area contributed by atoms with Crippen LogP contribution in [0.2, 0.25) is 0 Å². The van der Waals surface area contributed by atoms with Crippen LogP contribution < -0.4 is 15.4 Å². The number of aryl methyl sites for hydroxylation is 1. The Morgan fingerprint density at radius 3 is 2.92 bits per heavy atom. The monoisotopic (exact) mass is 403 g/mol. The highest BCUT2D eigenvalue weighted by Gasteiger charge is 2.17. The maximum atomic E-state index is 12.1. The molecule has 26 heavy (non-hydrogen) atoms. The molecule has 0 spiro atoms. The lowest BCUT2D eigenvalue weighted by Gasteiger charge is -2.22. The average Bonchev–Trinajstić information content (AvgIpc) is 3.04. The van der Waals surface area contributed by atoms with E-state index in [4.69, 9.17) is 4.74 Å². The molecule has 1 aliphatic rings. The number of guanidine groups is 1. The predicted octanol–water partition coefficient (Wildman–Crippen LogP) is 0.995. The fraction of sp³-hybridized carbons (Fsp3) is 0.750. The number of sulfonamides is 1. The van der Waals surface area contributed by atoms with Gasteiger partial charge in [0.05, 0.1) is 18.4 Å². The molecule has 0 saturated carbocycles. The van der Waals surface area contributed by atoms with Crippen LogP contribution in [0.15, 0.2) is 11.2 Å². The molecule has 1 unspecified atom stereocenters. The minimum Gasteiger partial charge on any atom is -0.377 e. The third-order valence-corrected chi connectivity index (χ3v) is 6.10. The quantitative estimate of drug-likeness (QED) is 0.420. The Bertz CT molecular complexity index is 669. The summed E-state index contributed by atoms with van der Waals surface area (Å²) >= 11 is 1.60. The van der Waals surface area contributed by atoms with E-state index >= 15 is 0 Å². The van der Waals surface area contributed by atoms with Gasteiger partial charge in [0.25, 0.3) is 0 Å². The fourth-order valence-electron chi connectivity index (χ4n) is 2.53. The van der Waals surface area contributed by atoms with Crippen molar-refractivity contribution in [3.8, 4) is 0 Å². The Morgan fingerprint density at radius 1 is 1.42 bits per heavy atom. The van der Waals surface area contributed by atoms with Crippen LogP contribution in [0.4, 0.5) is 0 Å². The zero-order chi connectivity index (χ0) is 18.8. The molecule has 2 rings (SSSR count). The summed E-state index contributed by atoms with van der Waals surface area (Å²) in [4.78, 5) is 9.86. The van der Waals surface area contributed by atoms with E-state index < -0.39 is 10.0 Å². The first-order valence-corrected chi connectivity index (χ1v) is 11.5. The molecule has 2 heterocycles. The molecule has 3 N–H and O–H groups in total. The first-order chi connectivity index (χ1) is 12.5. The van der Waals surface area contributed by atoms with Crippen LogP contribution in [-0.4, -0.2) is 57.5 Å². The molecular weight excluding hydrogens is 374 g/mol. The Kier molecular flexibility index (Phi) is 8.76. The number of aromatic nitrogens is 1. The van der Waals surface area contributed by atoms with Gasteiger partial charge in [-0.25, -0.2) is 23.1 Å². The second-order valence-electron chi connectivity index (χ2n) is 6.14. The van der Waals surface area contributed by atoms with Crippen molar-refractivity contribution in [2.45, 2.75) is 45.8 Å². The van der Waals surface area contributed by atoms with Crippen LogP contribution in [0.5, 0.6) is 0 Å². The predicted molar refractivity (Wildman–Crippen MR) is 105 cm³/mol. The minimum atomic E-state index is -3.34. The number of nitrogens with zero attached hydrogens (tertiary/aromatic N) is 2. The highest BCUT2D eigenvalue weighted by Crippen LogP contribution is 2.12. The van der Waals surface area contributed by atoms with E-state index in [1.54, 1.807) is 11.3 Å². The number of hydrogen-bond donors (Lipinski definition) is 3. The molecule has 148 valence electrons. The van der Waals surface area contributed by atoms with Gasteiger partial charge in [0.15, 0.2) is 5.96 Å². The fourth-order valence-corrected chi connectivity index (χ4v) is 4.19. The molecule has 1 aromatic heterocycles. The molecule has 1 atom stereocenters. The van der Waals surface area contributed by atoms with Gasteiger partial charge in [-0.3, -0.25) is 0 Å². The van der Waals surface area contributed by atoms with Crippen LogP contribution in [0.1, 0.15) is 36.1 Å². The third-order valence-electron chi connectivity index (χ3n) is 3.85. The van der Waals surface area contributed by atoms with Crippen LogP contribution in [0.3, 0.4) is 0 Å². The maximum absolute atomic E-state index is 12.1. The SMILES string of the molecule is CCNC(=NCc1ncc(C)s1)NCCS(=O)(=O)NCC1CCCCO1. The molecule has 0 bridgehead atoms. The Morgan fingerprint density at radius 2 is 2.27 bits per heavy atom. The molecule has 0 radical (unpaired) electrons. The molecule has 1 fully saturated rings. The lowest BCUT2D eigenvalue weighted by atomic mass is 10.1. The van der Waals surface area contributed by atoms with Gasteiger partial charge in [-0.2, -0.15) is 0 Å². The van der Waals surface area contributed by atoms with Crippen molar-refractivity contribution in [3.63, 3.8) is 0 Å². The van der Waals surface area contributed by atoms with Gasteiger partial charge in [0, 0.05) is 37.3 Å². The summed E-state index contributed by atoms with van der Waals surface area (Å²) in [7, 11) is -3.34. The van der Waals surface area contributed by atoms with Crippen molar-refractivity contribution in [2.75, 3.05) is 32.0 Å². The first kappa shape index (κ1) is 21.1. The zero-order valence-corrected chi connectivity index (χ0v) is 17.1. The van der Waals surface area contributed by atoms with Crippen molar-refractivity contribution in [1.29, 1.82) is 0 Å². The van der Waals surface area contributed by atoms with E-state index in [0.717, 1.165) is 35.8 Å². The van der Waals surface area contributed by atoms with Crippen molar-refractivity contribution in [1.82, 2.24) is 20.3 Å². The molecule has 1 aliphatic heterocycles. The summed E-state index contributed by atoms with van der Waals surface area (Å²) in [5.74, 6) is 0.576. The number of thiazole rings is 1. The van der Waals surface area contributed by atoms with Crippen LogP contribution in [0, 0.1) is 6.92 Å². The first-order valence-electron chi connectivity index (χ1n) is 9.01. The molecule has 10 heteroatoms. The standard InChI is InChI=1S/C16H29N5O3S2/c1-3-17-16(20-12-15-19-10-13(2)25-15)18-7-9-26(22,23)21-11-14-6-4-5-8-24-14/h10,14,21H,3-9,11-12H2,1-2H3,(H2,17,18,20).